The van der Waals surface area contributed by atoms with Crippen molar-refractivity contribution in [2.45, 2.75) is 25.8 Å². The summed E-state index contributed by atoms with van der Waals surface area (Å²) < 4.78 is 26.1. The second kappa shape index (κ2) is 4.85. The topological polar surface area (TPSA) is 66.4 Å². The van der Waals surface area contributed by atoms with Crippen LogP contribution in [0.4, 0.5) is 8.78 Å². The number of nitrogens with one attached hydrogen (secondary N) is 1. The van der Waals surface area contributed by atoms with Gasteiger partial charge in [0.25, 0.3) is 0 Å². The van der Waals surface area contributed by atoms with Crippen LogP contribution >= 0.6 is 0 Å². The molecule has 0 bridgehead atoms. The fourth-order valence-electron chi connectivity index (χ4n) is 2.12. The first-order valence-corrected chi connectivity index (χ1v) is 6.23. The Balaban J connectivity index is 2.09. The molecular weight excluding hydrogens is 268 g/mol. The fraction of sp³-hybridized carbons (Fsp3) is 0.429. The van der Waals surface area contributed by atoms with E-state index in [1.165, 1.54) is 6.07 Å². The summed E-state index contributed by atoms with van der Waals surface area (Å²) in [7, 11) is 0. The molecule has 1 amide bonds. The predicted octanol–water partition coefficient (Wildman–Crippen LogP) is 2.04. The highest BCUT2D eigenvalue weighted by Crippen LogP contribution is 2.39. The Kier molecular flexibility index (Phi) is 3.50. The third-order valence-corrected chi connectivity index (χ3v) is 3.52. The van der Waals surface area contributed by atoms with Crippen LogP contribution in [0.15, 0.2) is 18.2 Å². The Bertz CT molecular complexity index is 572. The number of benzene rings is 1. The van der Waals surface area contributed by atoms with Crippen molar-refractivity contribution < 1.29 is 23.5 Å². The van der Waals surface area contributed by atoms with Crippen molar-refractivity contribution in [2.75, 3.05) is 0 Å². The van der Waals surface area contributed by atoms with Crippen LogP contribution < -0.4 is 5.32 Å². The molecule has 1 aliphatic rings. The van der Waals surface area contributed by atoms with Crippen LogP contribution in [0, 0.1) is 23.5 Å². The van der Waals surface area contributed by atoms with E-state index in [-0.39, 0.29) is 5.91 Å². The normalized spacial score (nSPS) is 21.4. The highest BCUT2D eigenvalue weighted by Gasteiger charge is 2.49. The average Bonchev–Trinajstić information content (AvgIpc) is 3.12. The highest BCUT2D eigenvalue weighted by molar-refractivity contribution is 5.89. The molecule has 1 aliphatic carbocycles. The number of carboxylic acid groups (broad SMARTS) is 1. The van der Waals surface area contributed by atoms with E-state index in [1.54, 1.807) is 13.8 Å². The SMILES string of the molecule is CC(C)(NC(=O)C1CC1C(=O)O)c1ccc(F)c(F)c1. The summed E-state index contributed by atoms with van der Waals surface area (Å²) in [6.07, 6.45) is 0.315. The van der Waals surface area contributed by atoms with E-state index in [4.69, 9.17) is 5.11 Å². The first-order valence-electron chi connectivity index (χ1n) is 6.23. The minimum absolute atomic E-state index is 0.315. The number of hydrogen-bond donors (Lipinski definition) is 2. The molecule has 4 nitrogen and oxygen atoms in total. The van der Waals surface area contributed by atoms with E-state index in [0.717, 1.165) is 12.1 Å². The van der Waals surface area contributed by atoms with Crippen molar-refractivity contribution in [3.05, 3.63) is 35.4 Å². The van der Waals surface area contributed by atoms with E-state index >= 15 is 0 Å². The fourth-order valence-corrected chi connectivity index (χ4v) is 2.12. The summed E-state index contributed by atoms with van der Waals surface area (Å²) in [6, 6.07) is 3.41. The molecule has 1 saturated carbocycles. The summed E-state index contributed by atoms with van der Waals surface area (Å²) in [4.78, 5) is 22.6. The lowest BCUT2D eigenvalue weighted by Crippen LogP contribution is -2.42. The lowest BCUT2D eigenvalue weighted by Gasteiger charge is -2.27. The van der Waals surface area contributed by atoms with Crippen LogP contribution in [0.2, 0.25) is 0 Å². The van der Waals surface area contributed by atoms with Crippen LogP contribution in [0.5, 0.6) is 0 Å². The smallest absolute Gasteiger partial charge is 0.307 e. The summed E-state index contributed by atoms with van der Waals surface area (Å²) in [6.45, 7) is 3.30. The number of rotatable bonds is 4. The lowest BCUT2D eigenvalue weighted by molar-refractivity contribution is -0.140. The van der Waals surface area contributed by atoms with Gasteiger partial charge in [-0.15, -0.1) is 0 Å². The van der Waals surface area contributed by atoms with Crippen LogP contribution in [0.3, 0.4) is 0 Å². The van der Waals surface area contributed by atoms with Gasteiger partial charge in [0.15, 0.2) is 11.6 Å². The second-order valence-corrected chi connectivity index (χ2v) is 5.53. The maximum absolute atomic E-state index is 13.2. The van der Waals surface area contributed by atoms with Crippen molar-refractivity contribution in [2.24, 2.45) is 11.8 Å². The van der Waals surface area contributed by atoms with E-state index in [1.807, 2.05) is 0 Å². The number of aliphatic carboxylic acids is 1. The molecule has 2 unspecified atom stereocenters. The number of amides is 1. The molecule has 2 rings (SSSR count). The summed E-state index contributed by atoms with van der Waals surface area (Å²) in [5.41, 5.74) is -0.491. The van der Waals surface area contributed by atoms with Gasteiger partial charge in [0.1, 0.15) is 0 Å². The predicted molar refractivity (Wildman–Crippen MR) is 66.8 cm³/mol. The van der Waals surface area contributed by atoms with E-state index < -0.39 is 35.0 Å². The Labute approximate surface area is 114 Å². The van der Waals surface area contributed by atoms with Crippen LogP contribution in [-0.4, -0.2) is 17.0 Å². The summed E-state index contributed by atoms with van der Waals surface area (Å²) >= 11 is 0. The average molecular weight is 283 g/mol. The molecule has 6 heteroatoms. The van der Waals surface area contributed by atoms with E-state index in [9.17, 15) is 18.4 Å². The van der Waals surface area contributed by atoms with Gasteiger partial charge in [-0.1, -0.05) is 6.07 Å². The quantitative estimate of drug-likeness (QED) is 0.888. The van der Waals surface area contributed by atoms with Gasteiger partial charge in [-0.25, -0.2) is 8.78 Å². The minimum atomic E-state index is -0.990. The molecule has 2 atom stereocenters. The maximum Gasteiger partial charge on any atom is 0.307 e. The Morgan fingerprint density at radius 2 is 1.90 bits per heavy atom. The number of hydrogen-bond acceptors (Lipinski definition) is 2. The molecule has 0 aliphatic heterocycles. The van der Waals surface area contributed by atoms with Gasteiger partial charge in [-0.2, -0.15) is 0 Å². The van der Waals surface area contributed by atoms with Crippen molar-refractivity contribution in [1.29, 1.82) is 0 Å². The molecular formula is C14H15F2NO3. The van der Waals surface area contributed by atoms with Crippen LogP contribution in [0.25, 0.3) is 0 Å². The second-order valence-electron chi connectivity index (χ2n) is 5.53. The largest absolute Gasteiger partial charge is 0.481 e. The third-order valence-electron chi connectivity index (χ3n) is 3.52. The molecule has 20 heavy (non-hydrogen) atoms. The number of carboxylic acids is 1. The lowest BCUT2D eigenvalue weighted by atomic mass is 9.93. The first kappa shape index (κ1) is 14.4. The summed E-state index contributed by atoms with van der Waals surface area (Å²) in [5.74, 6) is -4.50. The van der Waals surface area contributed by atoms with Crippen molar-refractivity contribution >= 4 is 11.9 Å². The molecule has 0 saturated heterocycles. The highest BCUT2D eigenvalue weighted by atomic mass is 19.2. The molecule has 1 fully saturated rings. The van der Waals surface area contributed by atoms with Gasteiger partial charge >= 0.3 is 5.97 Å². The number of carbonyl (C=O) groups excluding carboxylic acids is 1. The summed E-state index contributed by atoms with van der Waals surface area (Å²) in [5, 5.41) is 11.5. The molecule has 0 aromatic heterocycles. The zero-order valence-corrected chi connectivity index (χ0v) is 11.1. The van der Waals surface area contributed by atoms with E-state index in [0.29, 0.717) is 12.0 Å². The molecule has 108 valence electrons. The molecule has 0 heterocycles. The molecule has 2 N–H and O–H groups in total. The van der Waals surface area contributed by atoms with Gasteiger partial charge < -0.3 is 10.4 Å². The molecule has 1 aromatic rings. The van der Waals surface area contributed by atoms with E-state index in [2.05, 4.69) is 5.32 Å². The van der Waals surface area contributed by atoms with Crippen molar-refractivity contribution in [1.82, 2.24) is 5.32 Å². The van der Waals surface area contributed by atoms with Gasteiger partial charge in [-0.3, -0.25) is 9.59 Å². The molecule has 1 aromatic carbocycles. The third kappa shape index (κ3) is 2.79. The van der Waals surface area contributed by atoms with Crippen molar-refractivity contribution in [3.8, 4) is 0 Å². The number of halogens is 2. The Morgan fingerprint density at radius 3 is 2.40 bits per heavy atom. The van der Waals surface area contributed by atoms with Gasteiger partial charge in [0.2, 0.25) is 5.91 Å². The van der Waals surface area contributed by atoms with Gasteiger partial charge in [0, 0.05) is 0 Å². The van der Waals surface area contributed by atoms with Crippen LogP contribution in [-0.2, 0) is 15.1 Å². The van der Waals surface area contributed by atoms with Gasteiger partial charge in [0.05, 0.1) is 17.4 Å². The Morgan fingerprint density at radius 1 is 1.25 bits per heavy atom. The molecule has 0 radical (unpaired) electrons. The first-order chi connectivity index (χ1) is 9.22. The zero-order valence-electron chi connectivity index (χ0n) is 11.1. The zero-order chi connectivity index (χ0) is 15.1. The van der Waals surface area contributed by atoms with Gasteiger partial charge in [-0.05, 0) is 38.0 Å². The van der Waals surface area contributed by atoms with Crippen molar-refractivity contribution in [3.63, 3.8) is 0 Å². The minimum Gasteiger partial charge on any atom is -0.481 e. The maximum atomic E-state index is 13.2. The number of carbonyl (C=O) groups is 2. The Hall–Kier alpha value is -1.98. The standard InChI is InChI=1S/C14H15F2NO3/c1-14(2,7-3-4-10(15)11(16)5-7)17-12(18)8-6-9(8)13(19)20/h3-5,8-9H,6H2,1-2H3,(H,17,18)(H,19,20). The monoisotopic (exact) mass is 283 g/mol. The van der Waals surface area contributed by atoms with Crippen LogP contribution in [0.1, 0.15) is 25.8 Å². The molecule has 0 spiro atoms.